The molecule has 0 radical (unpaired) electrons. The molecule has 0 spiro atoms. The van der Waals surface area contributed by atoms with E-state index >= 15 is 0 Å². The molecule has 2 atom stereocenters. The number of aliphatic hydroxyl groups excluding tert-OH is 2. The number of carbonyl (C=O) groups excluding carboxylic acids is 2. The number of amides is 1. The van der Waals surface area contributed by atoms with E-state index in [1.54, 1.807) is 0 Å². The van der Waals surface area contributed by atoms with Gasteiger partial charge in [-0.15, -0.1) is 0 Å². The number of nitrogens with one attached hydrogen (secondary N) is 1. The van der Waals surface area contributed by atoms with E-state index in [0.29, 0.717) is 25.9 Å². The summed E-state index contributed by atoms with van der Waals surface area (Å²) < 4.78 is 5.53. The first-order valence-electron chi connectivity index (χ1n) is 40.3. The third-order valence-electron chi connectivity index (χ3n) is 19.4. The van der Waals surface area contributed by atoms with E-state index in [1.807, 2.05) is 0 Å². The summed E-state index contributed by atoms with van der Waals surface area (Å²) in [6, 6.07) is -0.535. The molecule has 0 aromatic heterocycles. The van der Waals surface area contributed by atoms with Crippen LogP contribution in [0.4, 0.5) is 0 Å². The highest BCUT2D eigenvalue weighted by atomic mass is 16.5. The van der Waals surface area contributed by atoms with Gasteiger partial charge in [0.15, 0.2) is 0 Å². The van der Waals surface area contributed by atoms with Crippen molar-refractivity contribution < 1.29 is 24.5 Å². The largest absolute Gasteiger partial charge is 0.466 e. The van der Waals surface area contributed by atoms with Crippen LogP contribution in [0.2, 0.25) is 0 Å². The van der Waals surface area contributed by atoms with E-state index in [9.17, 15) is 19.8 Å². The van der Waals surface area contributed by atoms with Crippen LogP contribution in [0, 0.1) is 0 Å². The van der Waals surface area contributed by atoms with Crippen molar-refractivity contribution in [2.45, 2.75) is 488 Å². The Labute approximate surface area is 540 Å². The van der Waals surface area contributed by atoms with E-state index in [1.165, 1.54) is 405 Å². The van der Waals surface area contributed by atoms with Gasteiger partial charge >= 0.3 is 5.97 Å². The van der Waals surface area contributed by atoms with E-state index < -0.39 is 12.1 Å². The Balaban J connectivity index is 3.26. The molecular weight excluding hydrogens is 1050 g/mol. The van der Waals surface area contributed by atoms with Crippen molar-refractivity contribution in [3.63, 3.8) is 0 Å². The molecule has 514 valence electrons. The van der Waals surface area contributed by atoms with Gasteiger partial charge in [0.1, 0.15) is 0 Å². The highest BCUT2D eigenvalue weighted by molar-refractivity contribution is 5.76. The maximum Gasteiger partial charge on any atom is 0.305 e. The molecule has 0 heterocycles. The van der Waals surface area contributed by atoms with Gasteiger partial charge in [0.2, 0.25) is 5.91 Å². The minimum absolute atomic E-state index is 0.0259. The molecule has 0 aliphatic carbocycles. The fourth-order valence-corrected chi connectivity index (χ4v) is 13.3. The quantitative estimate of drug-likeness (QED) is 0.0417. The molecule has 6 nitrogen and oxygen atoms in total. The molecule has 0 rings (SSSR count). The Morgan fingerprint density at radius 1 is 0.279 bits per heavy atom. The lowest BCUT2D eigenvalue weighted by Gasteiger charge is -2.22. The predicted octanol–water partition coefficient (Wildman–Crippen LogP) is 26.5. The van der Waals surface area contributed by atoms with Gasteiger partial charge in [-0.25, -0.2) is 0 Å². The zero-order valence-electron chi connectivity index (χ0n) is 59.1. The standard InChI is InChI=1S/C80H159NO5/c1-3-5-7-9-11-13-15-17-18-19-39-43-46-50-54-58-62-66-70-74-80(85)86-75-71-67-63-59-55-51-47-44-41-38-36-34-32-30-28-26-24-22-20-21-23-25-27-29-31-33-35-37-40-42-45-49-53-57-61-65-69-73-79(84)81-77(76-82)78(83)72-68-64-60-56-52-48-16-14-12-10-8-6-4-2/h77-78,82-83H,3-76H2,1-2H3,(H,81,84). The zero-order valence-corrected chi connectivity index (χ0v) is 59.1. The van der Waals surface area contributed by atoms with E-state index in [4.69, 9.17) is 4.74 Å². The summed E-state index contributed by atoms with van der Waals surface area (Å²) in [5.74, 6) is 0.00376. The lowest BCUT2D eigenvalue weighted by molar-refractivity contribution is -0.143. The number of rotatable bonds is 77. The first-order chi connectivity index (χ1) is 42.5. The molecule has 1 amide bonds. The first-order valence-corrected chi connectivity index (χ1v) is 40.3. The number of carbonyl (C=O) groups is 2. The van der Waals surface area contributed by atoms with E-state index in [0.717, 1.165) is 38.5 Å². The molecule has 86 heavy (non-hydrogen) atoms. The monoisotopic (exact) mass is 1210 g/mol. The van der Waals surface area contributed by atoms with Crippen LogP contribution in [-0.4, -0.2) is 47.4 Å². The van der Waals surface area contributed by atoms with Gasteiger partial charge in [-0.2, -0.15) is 0 Å². The van der Waals surface area contributed by atoms with E-state index in [-0.39, 0.29) is 18.5 Å². The van der Waals surface area contributed by atoms with Gasteiger partial charge in [0.05, 0.1) is 25.4 Å². The minimum atomic E-state index is -0.658. The summed E-state index contributed by atoms with van der Waals surface area (Å²) >= 11 is 0. The van der Waals surface area contributed by atoms with Gasteiger partial charge < -0.3 is 20.3 Å². The Kier molecular flexibility index (Phi) is 75.3. The van der Waals surface area contributed by atoms with Crippen molar-refractivity contribution in [3.8, 4) is 0 Å². The molecule has 3 N–H and O–H groups in total. The fourth-order valence-electron chi connectivity index (χ4n) is 13.3. The molecule has 0 bridgehead atoms. The smallest absolute Gasteiger partial charge is 0.305 e. The van der Waals surface area contributed by atoms with Crippen molar-refractivity contribution in [2.75, 3.05) is 13.2 Å². The van der Waals surface area contributed by atoms with Crippen LogP contribution in [0.25, 0.3) is 0 Å². The highest BCUT2D eigenvalue weighted by Crippen LogP contribution is 2.21. The second kappa shape index (κ2) is 76.3. The summed E-state index contributed by atoms with van der Waals surface area (Å²) in [6.45, 7) is 5.01. The molecule has 0 fully saturated rings. The summed E-state index contributed by atoms with van der Waals surface area (Å²) in [6.07, 6.45) is 95.0. The average molecular weight is 1220 g/mol. The maximum atomic E-state index is 12.5. The van der Waals surface area contributed by atoms with Crippen LogP contribution in [0.1, 0.15) is 476 Å². The maximum absolute atomic E-state index is 12.5. The second-order valence-electron chi connectivity index (χ2n) is 28.1. The van der Waals surface area contributed by atoms with Crippen LogP contribution >= 0.6 is 0 Å². The zero-order chi connectivity index (χ0) is 62.0. The molecule has 0 saturated heterocycles. The predicted molar refractivity (Wildman–Crippen MR) is 380 cm³/mol. The number of hydrogen-bond acceptors (Lipinski definition) is 5. The SMILES string of the molecule is CCCCCCCCCCCCCCCCCCCCCC(=O)OCCCCCCCCCCCCCCCCCCCCCCCCCCCCCCCCCCCCCCCC(=O)NC(CO)C(O)CCCCCCCCCCCCCCC. The van der Waals surface area contributed by atoms with Gasteiger partial charge in [-0.3, -0.25) is 9.59 Å². The fraction of sp³-hybridized carbons (Fsp3) is 0.975. The normalized spacial score (nSPS) is 12.4. The molecule has 0 aliphatic heterocycles. The van der Waals surface area contributed by atoms with Crippen molar-refractivity contribution in [1.82, 2.24) is 5.32 Å². The minimum Gasteiger partial charge on any atom is -0.466 e. The number of hydrogen-bond donors (Lipinski definition) is 3. The number of ether oxygens (including phenoxy) is 1. The van der Waals surface area contributed by atoms with Crippen LogP contribution in [0.3, 0.4) is 0 Å². The van der Waals surface area contributed by atoms with Crippen molar-refractivity contribution in [2.24, 2.45) is 0 Å². The molecule has 0 saturated carbocycles. The van der Waals surface area contributed by atoms with Gasteiger partial charge in [-0.05, 0) is 25.7 Å². The number of aliphatic hydroxyl groups is 2. The van der Waals surface area contributed by atoms with Gasteiger partial charge in [0, 0.05) is 12.8 Å². The van der Waals surface area contributed by atoms with Gasteiger partial charge in [-0.1, -0.05) is 438 Å². The lowest BCUT2D eigenvalue weighted by Crippen LogP contribution is -2.45. The molecule has 2 unspecified atom stereocenters. The van der Waals surface area contributed by atoms with Crippen molar-refractivity contribution >= 4 is 11.9 Å². The number of esters is 1. The van der Waals surface area contributed by atoms with Crippen molar-refractivity contribution in [1.29, 1.82) is 0 Å². The molecule has 0 aromatic carbocycles. The van der Waals surface area contributed by atoms with Gasteiger partial charge in [0.25, 0.3) is 0 Å². The highest BCUT2D eigenvalue weighted by Gasteiger charge is 2.20. The van der Waals surface area contributed by atoms with Crippen LogP contribution in [0.5, 0.6) is 0 Å². The first kappa shape index (κ1) is 84.9. The van der Waals surface area contributed by atoms with Crippen LogP contribution in [0.15, 0.2) is 0 Å². The summed E-state index contributed by atoms with van der Waals surface area (Å²) in [5.41, 5.74) is 0. The second-order valence-corrected chi connectivity index (χ2v) is 28.1. The average Bonchev–Trinajstić information content (AvgIpc) is 3.54. The molecule has 0 aromatic rings. The van der Waals surface area contributed by atoms with Crippen LogP contribution in [-0.2, 0) is 14.3 Å². The Hall–Kier alpha value is -1.14. The molecule has 6 heteroatoms. The summed E-state index contributed by atoms with van der Waals surface area (Å²) in [5, 5.41) is 23.3. The van der Waals surface area contributed by atoms with Crippen molar-refractivity contribution in [3.05, 3.63) is 0 Å². The van der Waals surface area contributed by atoms with Crippen LogP contribution < -0.4 is 5.32 Å². The Morgan fingerprint density at radius 3 is 0.709 bits per heavy atom. The van der Waals surface area contributed by atoms with E-state index in [2.05, 4.69) is 19.2 Å². The molecule has 0 aliphatic rings. The lowest BCUT2D eigenvalue weighted by atomic mass is 10.0. The molecular formula is C80H159NO5. The Bertz CT molecular complexity index is 1260. The number of unbranched alkanes of at least 4 members (excludes halogenated alkanes) is 66. The topological polar surface area (TPSA) is 95.9 Å². The third kappa shape index (κ3) is 71.9. The summed E-state index contributed by atoms with van der Waals surface area (Å²) in [7, 11) is 0. The summed E-state index contributed by atoms with van der Waals surface area (Å²) in [4.78, 5) is 24.6. The Morgan fingerprint density at radius 2 is 0.477 bits per heavy atom. The third-order valence-corrected chi connectivity index (χ3v) is 19.4.